The highest BCUT2D eigenvalue weighted by atomic mass is 16.3. The van der Waals surface area contributed by atoms with Crippen LogP contribution >= 0.6 is 0 Å². The molecule has 1 aromatic rings. The summed E-state index contributed by atoms with van der Waals surface area (Å²) in [7, 11) is 5.85. The van der Waals surface area contributed by atoms with Crippen molar-refractivity contribution >= 4 is 11.9 Å². The van der Waals surface area contributed by atoms with Crippen LogP contribution in [0.4, 0.5) is 5.95 Å². The average molecular weight is 347 g/mol. The number of hydrogen-bond donors (Lipinski definition) is 1. The van der Waals surface area contributed by atoms with Crippen molar-refractivity contribution in [2.45, 2.75) is 32.3 Å². The van der Waals surface area contributed by atoms with Crippen molar-refractivity contribution in [3.63, 3.8) is 0 Å². The summed E-state index contributed by atoms with van der Waals surface area (Å²) in [5.74, 6) is 0.579. The maximum atomic E-state index is 13.1. The molecule has 0 aliphatic carbocycles. The van der Waals surface area contributed by atoms with E-state index in [1.165, 1.54) is 0 Å². The number of nitrogens with zero attached hydrogens (tertiary/aromatic N) is 5. The Morgan fingerprint density at radius 1 is 1.36 bits per heavy atom. The largest absolute Gasteiger partial charge is 0.392 e. The highest BCUT2D eigenvalue weighted by molar-refractivity contribution is 5.95. The van der Waals surface area contributed by atoms with Gasteiger partial charge >= 0.3 is 0 Å². The molecule has 0 unspecified atom stereocenters. The van der Waals surface area contributed by atoms with Gasteiger partial charge in [-0.2, -0.15) is 0 Å². The van der Waals surface area contributed by atoms with E-state index in [2.05, 4.69) is 21.9 Å². The van der Waals surface area contributed by atoms with Crippen LogP contribution in [0.3, 0.4) is 0 Å². The quantitative estimate of drug-likeness (QED) is 0.852. The first-order valence-corrected chi connectivity index (χ1v) is 8.99. The van der Waals surface area contributed by atoms with E-state index in [1.807, 2.05) is 30.8 Å². The van der Waals surface area contributed by atoms with Gasteiger partial charge in [0.25, 0.3) is 5.91 Å². The van der Waals surface area contributed by atoms with Gasteiger partial charge in [-0.3, -0.25) is 4.79 Å². The standard InChI is InChI=1S/C18H29N5O2/c1-13-14(10-19-17(20-13)21(2)3)16(25)23-8-5-7-18(12-23)11-22(4)9-6-15(18)24/h10,15,24H,5-9,11-12H2,1-4H3/t15-,18-/m0/s1. The minimum atomic E-state index is -0.340. The van der Waals surface area contributed by atoms with Crippen LogP contribution in [0.15, 0.2) is 6.20 Å². The molecule has 2 atom stereocenters. The van der Waals surface area contributed by atoms with Crippen molar-refractivity contribution in [3.05, 3.63) is 17.5 Å². The first kappa shape index (κ1) is 18.1. The van der Waals surface area contributed by atoms with Crippen molar-refractivity contribution in [3.8, 4) is 0 Å². The molecule has 2 aliphatic heterocycles. The Bertz CT molecular complexity index is 650. The van der Waals surface area contributed by atoms with E-state index in [-0.39, 0.29) is 17.4 Å². The topological polar surface area (TPSA) is 72.8 Å². The summed E-state index contributed by atoms with van der Waals surface area (Å²) in [4.78, 5) is 27.7. The minimum absolute atomic E-state index is 0.0256. The number of anilines is 1. The minimum Gasteiger partial charge on any atom is -0.392 e. The van der Waals surface area contributed by atoms with Crippen LogP contribution in [-0.2, 0) is 0 Å². The summed E-state index contributed by atoms with van der Waals surface area (Å²) in [5, 5.41) is 10.6. The molecular formula is C18H29N5O2. The summed E-state index contributed by atoms with van der Waals surface area (Å²) in [6.45, 7) is 4.94. The lowest BCUT2D eigenvalue weighted by molar-refractivity contribution is -0.0731. The van der Waals surface area contributed by atoms with Gasteiger partial charge in [-0.15, -0.1) is 0 Å². The van der Waals surface area contributed by atoms with Crippen molar-refractivity contribution < 1.29 is 9.90 Å². The zero-order chi connectivity index (χ0) is 18.2. The second-order valence-corrected chi connectivity index (χ2v) is 7.80. The van der Waals surface area contributed by atoms with Crippen LogP contribution in [-0.4, -0.2) is 84.2 Å². The number of aryl methyl sites for hydroxylation is 1. The Labute approximate surface area is 149 Å². The number of piperidine rings is 2. The van der Waals surface area contributed by atoms with E-state index in [1.54, 1.807) is 6.20 Å². The lowest BCUT2D eigenvalue weighted by Crippen LogP contribution is -2.59. The van der Waals surface area contributed by atoms with Crippen molar-refractivity contribution in [2.24, 2.45) is 5.41 Å². The van der Waals surface area contributed by atoms with Crippen molar-refractivity contribution in [2.75, 3.05) is 52.2 Å². The number of carbonyl (C=O) groups excluding carboxylic acids is 1. The molecule has 0 radical (unpaired) electrons. The van der Waals surface area contributed by atoms with E-state index in [4.69, 9.17) is 0 Å². The molecule has 3 rings (SSSR count). The highest BCUT2D eigenvalue weighted by Gasteiger charge is 2.45. The van der Waals surface area contributed by atoms with Crippen LogP contribution in [0.5, 0.6) is 0 Å². The predicted molar refractivity (Wildman–Crippen MR) is 96.8 cm³/mol. The number of aromatic nitrogens is 2. The molecule has 0 aromatic carbocycles. The Kier molecular flexibility index (Phi) is 4.97. The van der Waals surface area contributed by atoms with Gasteiger partial charge in [-0.1, -0.05) is 0 Å². The van der Waals surface area contributed by atoms with E-state index >= 15 is 0 Å². The van der Waals surface area contributed by atoms with Gasteiger partial charge in [0.15, 0.2) is 0 Å². The number of hydrogen-bond acceptors (Lipinski definition) is 6. The molecule has 1 N–H and O–H groups in total. The van der Waals surface area contributed by atoms with Crippen LogP contribution in [0, 0.1) is 12.3 Å². The molecule has 2 saturated heterocycles. The van der Waals surface area contributed by atoms with Gasteiger partial charge < -0.3 is 19.8 Å². The number of carbonyl (C=O) groups is 1. The van der Waals surface area contributed by atoms with E-state index < -0.39 is 0 Å². The molecule has 0 saturated carbocycles. The number of likely N-dealkylation sites (tertiary alicyclic amines) is 2. The SMILES string of the molecule is Cc1nc(N(C)C)ncc1C(=O)N1CCC[C@]2(CN(C)CC[C@@H]2O)C1. The average Bonchev–Trinajstić information content (AvgIpc) is 2.58. The maximum Gasteiger partial charge on any atom is 0.257 e. The summed E-state index contributed by atoms with van der Waals surface area (Å²) >= 11 is 0. The van der Waals surface area contributed by atoms with Crippen molar-refractivity contribution in [1.82, 2.24) is 19.8 Å². The van der Waals surface area contributed by atoms with Crippen LogP contribution in [0.25, 0.3) is 0 Å². The lowest BCUT2D eigenvalue weighted by Gasteiger charge is -2.50. The fraction of sp³-hybridized carbons (Fsp3) is 0.722. The van der Waals surface area contributed by atoms with Gasteiger partial charge in [-0.25, -0.2) is 9.97 Å². The lowest BCUT2D eigenvalue weighted by atomic mass is 9.71. The number of rotatable bonds is 2. The highest BCUT2D eigenvalue weighted by Crippen LogP contribution is 2.38. The fourth-order valence-electron chi connectivity index (χ4n) is 4.16. The van der Waals surface area contributed by atoms with Gasteiger partial charge in [-0.05, 0) is 33.2 Å². The molecule has 1 aromatic heterocycles. The van der Waals surface area contributed by atoms with Gasteiger partial charge in [0, 0.05) is 51.9 Å². The molecule has 25 heavy (non-hydrogen) atoms. The first-order valence-electron chi connectivity index (χ1n) is 8.99. The third-order valence-electron chi connectivity index (χ3n) is 5.57. The molecule has 2 aliphatic rings. The first-order chi connectivity index (χ1) is 11.8. The number of amides is 1. The molecule has 2 fully saturated rings. The smallest absolute Gasteiger partial charge is 0.257 e. The molecule has 1 spiro atoms. The molecule has 138 valence electrons. The normalized spacial score (nSPS) is 27.6. The molecular weight excluding hydrogens is 318 g/mol. The summed E-state index contributed by atoms with van der Waals surface area (Å²) in [6, 6.07) is 0. The Morgan fingerprint density at radius 2 is 2.12 bits per heavy atom. The zero-order valence-electron chi connectivity index (χ0n) is 15.7. The predicted octanol–water partition coefficient (Wildman–Crippen LogP) is 0.770. The van der Waals surface area contributed by atoms with Gasteiger partial charge in [0.1, 0.15) is 0 Å². The Balaban J connectivity index is 1.80. The monoisotopic (exact) mass is 347 g/mol. The maximum absolute atomic E-state index is 13.1. The second-order valence-electron chi connectivity index (χ2n) is 7.80. The van der Waals surface area contributed by atoms with Crippen LogP contribution in [0.2, 0.25) is 0 Å². The summed E-state index contributed by atoms with van der Waals surface area (Å²) < 4.78 is 0. The number of aliphatic hydroxyl groups is 1. The Morgan fingerprint density at radius 3 is 2.80 bits per heavy atom. The molecule has 7 nitrogen and oxygen atoms in total. The van der Waals surface area contributed by atoms with Gasteiger partial charge in [0.2, 0.25) is 5.95 Å². The Hall–Kier alpha value is -1.73. The molecule has 3 heterocycles. The van der Waals surface area contributed by atoms with E-state index in [0.717, 1.165) is 38.9 Å². The van der Waals surface area contributed by atoms with Crippen LogP contribution < -0.4 is 4.90 Å². The van der Waals surface area contributed by atoms with Crippen molar-refractivity contribution in [1.29, 1.82) is 0 Å². The molecule has 0 bridgehead atoms. The van der Waals surface area contributed by atoms with E-state index in [9.17, 15) is 9.90 Å². The third kappa shape index (κ3) is 3.48. The van der Waals surface area contributed by atoms with E-state index in [0.29, 0.717) is 23.8 Å². The number of aliphatic hydroxyl groups excluding tert-OH is 1. The zero-order valence-corrected chi connectivity index (χ0v) is 15.7. The third-order valence-corrected chi connectivity index (χ3v) is 5.57. The fourth-order valence-corrected chi connectivity index (χ4v) is 4.16. The summed E-state index contributed by atoms with van der Waals surface area (Å²) in [6.07, 6.45) is 3.96. The van der Waals surface area contributed by atoms with Crippen LogP contribution in [0.1, 0.15) is 35.3 Å². The molecule has 7 heteroatoms. The second kappa shape index (κ2) is 6.88. The summed E-state index contributed by atoms with van der Waals surface area (Å²) in [5.41, 5.74) is 1.05. The van der Waals surface area contributed by atoms with Gasteiger partial charge in [0.05, 0.1) is 17.4 Å². The molecule has 1 amide bonds.